The predicted octanol–water partition coefficient (Wildman–Crippen LogP) is 3.39. The second-order valence-electron chi connectivity index (χ2n) is 8.38. The average molecular weight is 448 g/mol. The molecule has 6 nitrogen and oxygen atoms in total. The van der Waals surface area contributed by atoms with Crippen molar-refractivity contribution in [2.24, 2.45) is 5.92 Å². The van der Waals surface area contributed by atoms with Gasteiger partial charge in [-0.2, -0.15) is 0 Å². The van der Waals surface area contributed by atoms with E-state index in [0.717, 1.165) is 31.8 Å². The van der Waals surface area contributed by atoms with Gasteiger partial charge in [0.05, 0.1) is 10.9 Å². The van der Waals surface area contributed by atoms with Gasteiger partial charge < -0.3 is 5.32 Å². The van der Waals surface area contributed by atoms with Gasteiger partial charge in [0.1, 0.15) is 0 Å². The summed E-state index contributed by atoms with van der Waals surface area (Å²) < 4.78 is 27.2. The fourth-order valence-corrected chi connectivity index (χ4v) is 5.96. The number of sulfonamides is 1. The van der Waals surface area contributed by atoms with Gasteiger partial charge in [-0.25, -0.2) is 13.1 Å². The molecule has 4 rings (SSSR count). The highest BCUT2D eigenvalue weighted by Gasteiger charge is 2.28. The number of nitrogens with one attached hydrogen (secondary N) is 2. The number of nitrogens with zero attached hydrogens (tertiary/aromatic N) is 1. The zero-order valence-electron chi connectivity index (χ0n) is 17.2. The standard InChI is InChI=1S/C22H29N3O3S2/c1-16-10-12-25(13-11-16)20(21-3-2-14-29-21)15-23-22(26)17-4-8-19(9-5-17)30(27,28)24-18-6-7-18/h2-5,8-9,14,16,18,20,24H,6-7,10-13,15H2,1H3,(H,23,26). The van der Waals surface area contributed by atoms with E-state index in [9.17, 15) is 13.2 Å². The number of likely N-dealkylation sites (tertiary alicyclic amines) is 1. The van der Waals surface area contributed by atoms with Gasteiger partial charge in [0.25, 0.3) is 5.91 Å². The van der Waals surface area contributed by atoms with Crippen molar-refractivity contribution >= 4 is 27.3 Å². The third kappa shape index (κ3) is 5.29. The Labute approximate surface area is 182 Å². The molecule has 30 heavy (non-hydrogen) atoms. The minimum Gasteiger partial charge on any atom is -0.350 e. The van der Waals surface area contributed by atoms with E-state index >= 15 is 0 Å². The lowest BCUT2D eigenvalue weighted by Gasteiger charge is -2.36. The van der Waals surface area contributed by atoms with Crippen molar-refractivity contribution in [3.05, 3.63) is 52.2 Å². The van der Waals surface area contributed by atoms with Crippen LogP contribution in [0.15, 0.2) is 46.7 Å². The molecule has 1 aliphatic heterocycles. The molecule has 2 aromatic rings. The lowest BCUT2D eigenvalue weighted by atomic mass is 9.97. The molecule has 2 aliphatic rings. The van der Waals surface area contributed by atoms with Crippen molar-refractivity contribution in [3.8, 4) is 0 Å². The Bertz CT molecular complexity index is 946. The lowest BCUT2D eigenvalue weighted by Crippen LogP contribution is -2.41. The number of hydrogen-bond donors (Lipinski definition) is 2. The van der Waals surface area contributed by atoms with Crippen LogP contribution in [0.5, 0.6) is 0 Å². The van der Waals surface area contributed by atoms with Crippen LogP contribution in [0, 0.1) is 5.92 Å². The first-order chi connectivity index (χ1) is 14.4. The summed E-state index contributed by atoms with van der Waals surface area (Å²) in [4.78, 5) is 16.6. The first-order valence-electron chi connectivity index (χ1n) is 10.6. The number of carbonyl (C=O) groups is 1. The number of hydrogen-bond acceptors (Lipinski definition) is 5. The summed E-state index contributed by atoms with van der Waals surface area (Å²) in [5, 5.41) is 5.13. The maximum absolute atomic E-state index is 12.7. The molecule has 0 bridgehead atoms. The maximum Gasteiger partial charge on any atom is 0.251 e. The molecule has 162 valence electrons. The molecule has 1 aromatic carbocycles. The Hall–Kier alpha value is -1.74. The molecule has 2 N–H and O–H groups in total. The molecule has 0 radical (unpaired) electrons. The number of amides is 1. The summed E-state index contributed by atoms with van der Waals surface area (Å²) in [5.41, 5.74) is 0.470. The fourth-order valence-electron chi connectivity index (χ4n) is 3.80. The van der Waals surface area contributed by atoms with Crippen molar-refractivity contribution in [1.82, 2.24) is 14.9 Å². The van der Waals surface area contributed by atoms with Gasteiger partial charge in [0, 0.05) is 23.0 Å². The molecule has 1 aromatic heterocycles. The van der Waals surface area contributed by atoms with Crippen molar-refractivity contribution in [1.29, 1.82) is 0 Å². The van der Waals surface area contributed by atoms with E-state index in [4.69, 9.17) is 0 Å². The Morgan fingerprint density at radius 2 is 1.83 bits per heavy atom. The van der Waals surface area contributed by atoms with E-state index in [1.807, 2.05) is 0 Å². The van der Waals surface area contributed by atoms with Crippen LogP contribution in [0.4, 0.5) is 0 Å². The maximum atomic E-state index is 12.7. The molecule has 8 heteroatoms. The number of carbonyl (C=O) groups excluding carboxylic acids is 1. The predicted molar refractivity (Wildman–Crippen MR) is 119 cm³/mol. The van der Waals surface area contributed by atoms with Crippen LogP contribution in [0.3, 0.4) is 0 Å². The van der Waals surface area contributed by atoms with Crippen molar-refractivity contribution < 1.29 is 13.2 Å². The van der Waals surface area contributed by atoms with Gasteiger partial charge in [-0.1, -0.05) is 13.0 Å². The highest BCUT2D eigenvalue weighted by molar-refractivity contribution is 7.89. The first-order valence-corrected chi connectivity index (χ1v) is 13.0. The van der Waals surface area contributed by atoms with Gasteiger partial charge >= 0.3 is 0 Å². The lowest BCUT2D eigenvalue weighted by molar-refractivity contribution is 0.0915. The molecular weight excluding hydrogens is 418 g/mol. The third-order valence-corrected chi connectivity index (χ3v) is 8.42. The second kappa shape index (κ2) is 9.18. The van der Waals surface area contributed by atoms with Crippen LogP contribution in [0.25, 0.3) is 0 Å². The van der Waals surface area contributed by atoms with Gasteiger partial charge in [-0.15, -0.1) is 11.3 Å². The van der Waals surface area contributed by atoms with E-state index in [2.05, 4.69) is 39.4 Å². The van der Waals surface area contributed by atoms with Crippen LogP contribution in [-0.2, 0) is 10.0 Å². The normalized spacial score (nSPS) is 19.5. The van der Waals surface area contributed by atoms with Crippen LogP contribution in [-0.4, -0.2) is 44.9 Å². The van der Waals surface area contributed by atoms with E-state index in [1.165, 1.54) is 29.9 Å². The van der Waals surface area contributed by atoms with Gasteiger partial charge in [-0.05, 0) is 80.4 Å². The van der Waals surface area contributed by atoms with E-state index in [-0.39, 0.29) is 22.9 Å². The molecule has 2 fully saturated rings. The van der Waals surface area contributed by atoms with Gasteiger partial charge in [-0.3, -0.25) is 9.69 Å². The van der Waals surface area contributed by atoms with Gasteiger partial charge in [0.15, 0.2) is 0 Å². The van der Waals surface area contributed by atoms with Crippen molar-refractivity contribution in [2.75, 3.05) is 19.6 Å². The minimum atomic E-state index is -3.50. The quantitative estimate of drug-likeness (QED) is 0.650. The largest absolute Gasteiger partial charge is 0.350 e. The highest BCUT2D eigenvalue weighted by Crippen LogP contribution is 2.29. The molecular formula is C22H29N3O3S2. The molecule has 0 spiro atoms. The van der Waals surface area contributed by atoms with Crippen molar-refractivity contribution in [2.45, 2.75) is 49.6 Å². The summed E-state index contributed by atoms with van der Waals surface area (Å²) in [6.45, 7) is 4.92. The topological polar surface area (TPSA) is 78.5 Å². The monoisotopic (exact) mass is 447 g/mol. The van der Waals surface area contributed by atoms with E-state index in [1.54, 1.807) is 23.5 Å². The molecule has 1 unspecified atom stereocenters. The van der Waals surface area contributed by atoms with Gasteiger partial charge in [0.2, 0.25) is 10.0 Å². The first kappa shape index (κ1) is 21.5. The van der Waals surface area contributed by atoms with Crippen molar-refractivity contribution in [3.63, 3.8) is 0 Å². The molecule has 1 saturated heterocycles. The molecule has 2 heterocycles. The van der Waals surface area contributed by atoms with E-state index in [0.29, 0.717) is 12.1 Å². The summed E-state index contributed by atoms with van der Waals surface area (Å²) in [6, 6.07) is 10.6. The average Bonchev–Trinajstić information content (AvgIpc) is 3.37. The molecule has 1 saturated carbocycles. The van der Waals surface area contributed by atoms with E-state index < -0.39 is 10.0 Å². The number of piperidine rings is 1. The summed E-state index contributed by atoms with van der Waals surface area (Å²) >= 11 is 1.72. The van der Waals surface area contributed by atoms with Crippen LogP contribution >= 0.6 is 11.3 Å². The van der Waals surface area contributed by atoms with Crippen LogP contribution < -0.4 is 10.0 Å². The number of rotatable bonds is 8. The summed E-state index contributed by atoms with van der Waals surface area (Å²) in [6.07, 6.45) is 4.14. The Balaban J connectivity index is 1.39. The molecule has 1 aliphatic carbocycles. The zero-order valence-corrected chi connectivity index (χ0v) is 18.8. The SMILES string of the molecule is CC1CCN(C(CNC(=O)c2ccc(S(=O)(=O)NC3CC3)cc2)c2cccs2)CC1. The smallest absolute Gasteiger partial charge is 0.251 e. The Morgan fingerprint density at radius 1 is 1.13 bits per heavy atom. The minimum absolute atomic E-state index is 0.0601. The highest BCUT2D eigenvalue weighted by atomic mass is 32.2. The molecule has 1 amide bonds. The van der Waals surface area contributed by atoms with Crippen LogP contribution in [0.2, 0.25) is 0 Å². The fraction of sp³-hybridized carbons (Fsp3) is 0.500. The Morgan fingerprint density at radius 3 is 2.43 bits per heavy atom. The number of benzene rings is 1. The Kier molecular flexibility index (Phi) is 6.57. The third-order valence-electron chi connectivity index (χ3n) is 5.91. The summed E-state index contributed by atoms with van der Waals surface area (Å²) in [5.74, 6) is 0.574. The number of thiophene rings is 1. The summed E-state index contributed by atoms with van der Waals surface area (Å²) in [7, 11) is -3.50. The second-order valence-corrected chi connectivity index (χ2v) is 11.1. The zero-order chi connectivity index (χ0) is 21.1. The van der Waals surface area contributed by atoms with Crippen LogP contribution in [0.1, 0.15) is 53.9 Å². The molecule has 1 atom stereocenters.